The summed E-state index contributed by atoms with van der Waals surface area (Å²) in [7, 11) is 0. The zero-order valence-electron chi connectivity index (χ0n) is 22.0. The standard InChI is InChI=1S/C30H39N5O2/c1-22-7-5-6-17-34(22)18-16-32-29(36)25-12-10-23(11-13-25)19-27-30(37)35(21-24-8-3-2-4-9-24)28-20-31-15-14-26(28)33-27/h10-15,20,22,24H,2-9,16-19,21H2,1H3,(H,32,36). The first-order valence-electron chi connectivity index (χ1n) is 14.0. The first kappa shape index (κ1) is 25.6. The number of amides is 1. The highest BCUT2D eigenvalue weighted by Crippen LogP contribution is 2.25. The first-order valence-corrected chi connectivity index (χ1v) is 14.0. The summed E-state index contributed by atoms with van der Waals surface area (Å²) in [6.07, 6.45) is 13.8. The number of hydrogen-bond donors (Lipinski definition) is 1. The summed E-state index contributed by atoms with van der Waals surface area (Å²) in [5.74, 6) is 0.475. The number of pyridine rings is 1. The topological polar surface area (TPSA) is 80.1 Å². The molecular weight excluding hydrogens is 462 g/mol. The SMILES string of the molecule is CC1CCCCN1CCNC(=O)c1ccc(Cc2nc3ccncc3n(CC3CCCCC3)c2=O)cc1. The molecule has 0 spiro atoms. The highest BCUT2D eigenvalue weighted by atomic mass is 16.1. The van der Waals surface area contributed by atoms with Crippen molar-refractivity contribution in [3.8, 4) is 0 Å². The van der Waals surface area contributed by atoms with Gasteiger partial charge in [-0.3, -0.25) is 19.5 Å². The Morgan fingerprint density at radius 2 is 1.81 bits per heavy atom. The van der Waals surface area contributed by atoms with Crippen molar-refractivity contribution < 1.29 is 4.79 Å². The van der Waals surface area contributed by atoms with Crippen LogP contribution in [-0.4, -0.2) is 51.0 Å². The maximum atomic E-state index is 13.5. The minimum absolute atomic E-state index is 0.0279. The Balaban J connectivity index is 1.26. The highest BCUT2D eigenvalue weighted by Gasteiger charge is 2.19. The van der Waals surface area contributed by atoms with Crippen LogP contribution in [0.3, 0.4) is 0 Å². The fraction of sp³-hybridized carbons (Fsp3) is 0.533. The van der Waals surface area contributed by atoms with E-state index in [-0.39, 0.29) is 11.5 Å². The van der Waals surface area contributed by atoms with Gasteiger partial charge in [-0.2, -0.15) is 0 Å². The molecule has 0 radical (unpaired) electrons. The van der Waals surface area contributed by atoms with Gasteiger partial charge >= 0.3 is 0 Å². The van der Waals surface area contributed by atoms with Gasteiger partial charge in [0.25, 0.3) is 11.5 Å². The number of likely N-dealkylation sites (tertiary alicyclic amines) is 1. The van der Waals surface area contributed by atoms with Gasteiger partial charge in [0.05, 0.1) is 17.2 Å². The quantitative estimate of drug-likeness (QED) is 0.489. The maximum Gasteiger partial charge on any atom is 0.273 e. The van der Waals surface area contributed by atoms with Crippen molar-refractivity contribution in [3.63, 3.8) is 0 Å². The molecule has 1 amide bonds. The lowest BCUT2D eigenvalue weighted by Gasteiger charge is -2.33. The number of benzene rings is 1. The molecule has 1 saturated heterocycles. The van der Waals surface area contributed by atoms with E-state index in [9.17, 15) is 9.59 Å². The molecule has 37 heavy (non-hydrogen) atoms. The average molecular weight is 502 g/mol. The second-order valence-electron chi connectivity index (χ2n) is 10.9. The monoisotopic (exact) mass is 501 g/mol. The van der Waals surface area contributed by atoms with Crippen LogP contribution in [0.25, 0.3) is 11.0 Å². The zero-order valence-corrected chi connectivity index (χ0v) is 22.0. The predicted molar refractivity (Wildman–Crippen MR) is 147 cm³/mol. The predicted octanol–water partition coefficient (Wildman–Crippen LogP) is 4.57. The van der Waals surface area contributed by atoms with E-state index in [1.807, 2.05) is 34.9 Å². The molecule has 1 aromatic carbocycles. The number of piperidine rings is 1. The number of nitrogens with one attached hydrogen (secondary N) is 1. The Labute approximate surface area is 219 Å². The van der Waals surface area contributed by atoms with E-state index in [1.165, 1.54) is 51.4 Å². The van der Waals surface area contributed by atoms with E-state index in [2.05, 4.69) is 22.1 Å². The minimum atomic E-state index is -0.0534. The van der Waals surface area contributed by atoms with Crippen molar-refractivity contribution in [3.05, 3.63) is 69.9 Å². The molecule has 196 valence electrons. The summed E-state index contributed by atoms with van der Waals surface area (Å²) in [4.78, 5) is 37.6. The summed E-state index contributed by atoms with van der Waals surface area (Å²) >= 11 is 0. The van der Waals surface area contributed by atoms with E-state index in [1.54, 1.807) is 12.4 Å². The van der Waals surface area contributed by atoms with Gasteiger partial charge in [0.2, 0.25) is 0 Å². The first-order chi connectivity index (χ1) is 18.1. The molecule has 7 nitrogen and oxygen atoms in total. The molecule has 3 aromatic rings. The van der Waals surface area contributed by atoms with Gasteiger partial charge in [-0.1, -0.05) is 37.8 Å². The molecule has 1 N–H and O–H groups in total. The number of nitrogens with zero attached hydrogens (tertiary/aromatic N) is 4. The lowest BCUT2D eigenvalue weighted by atomic mass is 9.89. The summed E-state index contributed by atoms with van der Waals surface area (Å²) in [5.41, 5.74) is 3.75. The summed E-state index contributed by atoms with van der Waals surface area (Å²) < 4.78 is 1.89. The van der Waals surface area contributed by atoms with Gasteiger partial charge < -0.3 is 9.88 Å². The normalized spacial score (nSPS) is 19.2. The molecule has 2 aromatic heterocycles. The second kappa shape index (κ2) is 12.0. The third kappa shape index (κ3) is 6.27. The van der Waals surface area contributed by atoms with Crippen LogP contribution >= 0.6 is 0 Å². The molecule has 0 bridgehead atoms. The van der Waals surface area contributed by atoms with Crippen molar-refractivity contribution in [1.29, 1.82) is 0 Å². The molecule has 3 heterocycles. The van der Waals surface area contributed by atoms with Crippen molar-refractivity contribution in [2.75, 3.05) is 19.6 Å². The van der Waals surface area contributed by atoms with E-state index >= 15 is 0 Å². The molecule has 1 unspecified atom stereocenters. The Morgan fingerprint density at radius 3 is 2.59 bits per heavy atom. The Hall–Kier alpha value is -3.06. The number of aromatic nitrogens is 3. The van der Waals surface area contributed by atoms with Crippen molar-refractivity contribution in [2.24, 2.45) is 5.92 Å². The van der Waals surface area contributed by atoms with Gasteiger partial charge in [0, 0.05) is 43.9 Å². The summed E-state index contributed by atoms with van der Waals surface area (Å²) in [6.45, 7) is 5.66. The molecule has 5 rings (SSSR count). The van der Waals surface area contributed by atoms with Gasteiger partial charge in [0.1, 0.15) is 5.69 Å². The van der Waals surface area contributed by atoms with Gasteiger partial charge in [0.15, 0.2) is 0 Å². The third-order valence-electron chi connectivity index (χ3n) is 8.19. The number of rotatable bonds is 8. The Morgan fingerprint density at radius 1 is 1.03 bits per heavy atom. The number of fused-ring (bicyclic) bond motifs is 1. The molecule has 1 aliphatic heterocycles. The fourth-order valence-corrected chi connectivity index (χ4v) is 5.94. The maximum absolute atomic E-state index is 13.5. The molecule has 7 heteroatoms. The summed E-state index contributed by atoms with van der Waals surface area (Å²) in [6, 6.07) is 10.0. The van der Waals surface area contributed by atoms with Crippen LogP contribution in [0, 0.1) is 5.92 Å². The van der Waals surface area contributed by atoms with Crippen LogP contribution in [-0.2, 0) is 13.0 Å². The lowest BCUT2D eigenvalue weighted by molar-refractivity contribution is 0.0938. The molecule has 2 aliphatic rings. The Bertz CT molecular complexity index is 1260. The van der Waals surface area contributed by atoms with Crippen molar-refractivity contribution >= 4 is 16.9 Å². The lowest BCUT2D eigenvalue weighted by Crippen LogP contribution is -2.42. The van der Waals surface area contributed by atoms with E-state index in [0.29, 0.717) is 36.2 Å². The van der Waals surface area contributed by atoms with Crippen LogP contribution < -0.4 is 10.9 Å². The van der Waals surface area contributed by atoms with Gasteiger partial charge in [-0.15, -0.1) is 0 Å². The average Bonchev–Trinajstić information content (AvgIpc) is 2.93. The minimum Gasteiger partial charge on any atom is -0.351 e. The van der Waals surface area contributed by atoms with E-state index < -0.39 is 0 Å². The fourth-order valence-electron chi connectivity index (χ4n) is 5.94. The number of hydrogen-bond acceptors (Lipinski definition) is 5. The highest BCUT2D eigenvalue weighted by molar-refractivity contribution is 5.94. The van der Waals surface area contributed by atoms with E-state index in [0.717, 1.165) is 36.2 Å². The molecule has 1 saturated carbocycles. The molecule has 1 aliphatic carbocycles. The number of carbonyl (C=O) groups excluding carboxylic acids is 1. The molecule has 2 fully saturated rings. The Kier molecular flexibility index (Phi) is 8.29. The van der Waals surface area contributed by atoms with Crippen LogP contribution in [0.2, 0.25) is 0 Å². The van der Waals surface area contributed by atoms with Gasteiger partial charge in [-0.05, 0) is 68.8 Å². The smallest absolute Gasteiger partial charge is 0.273 e. The zero-order chi connectivity index (χ0) is 25.6. The summed E-state index contributed by atoms with van der Waals surface area (Å²) in [5, 5.41) is 3.06. The molecule has 1 atom stereocenters. The largest absolute Gasteiger partial charge is 0.351 e. The van der Waals surface area contributed by atoms with Crippen molar-refractivity contribution in [1.82, 2.24) is 24.8 Å². The molecular formula is C30H39N5O2. The van der Waals surface area contributed by atoms with Gasteiger partial charge in [-0.25, -0.2) is 4.98 Å². The van der Waals surface area contributed by atoms with Crippen LogP contribution in [0.1, 0.15) is 79.9 Å². The second-order valence-corrected chi connectivity index (χ2v) is 10.9. The van der Waals surface area contributed by atoms with Crippen molar-refractivity contribution in [2.45, 2.75) is 77.3 Å². The number of carbonyl (C=O) groups is 1. The van der Waals surface area contributed by atoms with Crippen LogP contribution in [0.4, 0.5) is 0 Å². The van der Waals surface area contributed by atoms with Crippen LogP contribution in [0.15, 0.2) is 47.5 Å². The van der Waals surface area contributed by atoms with Crippen LogP contribution in [0.5, 0.6) is 0 Å². The third-order valence-corrected chi connectivity index (χ3v) is 8.19. The van der Waals surface area contributed by atoms with E-state index in [4.69, 9.17) is 4.98 Å².